The molecule has 0 bridgehead atoms. The monoisotopic (exact) mass is 148 g/mol. The van der Waals surface area contributed by atoms with Crippen molar-refractivity contribution in [2.45, 2.75) is 0 Å². The summed E-state index contributed by atoms with van der Waals surface area (Å²) in [4.78, 5) is 6.48. The topological polar surface area (TPSA) is 16.7 Å². The average Bonchev–Trinajstić information content (AvgIpc) is 2.04. The molecule has 1 aromatic carbocycles. The van der Waals surface area contributed by atoms with Crippen LogP contribution in [0.2, 0.25) is 0 Å². The zero-order valence-electron chi connectivity index (χ0n) is 5.71. The predicted octanol–water partition coefficient (Wildman–Crippen LogP) is 2.71. The zero-order valence-corrected chi connectivity index (χ0v) is 5.71. The summed E-state index contributed by atoms with van der Waals surface area (Å²) in [5, 5.41) is 0. The van der Waals surface area contributed by atoms with Crippen molar-refractivity contribution in [3.63, 3.8) is 0 Å². The third-order valence-electron chi connectivity index (χ3n) is 1.24. The molecule has 0 saturated heterocycles. The van der Waals surface area contributed by atoms with E-state index < -0.39 is 5.82 Å². The molecule has 0 aliphatic carbocycles. The van der Waals surface area contributed by atoms with E-state index in [1.807, 2.05) is 0 Å². The molecule has 0 fully saturated rings. The molecule has 1 rings (SSSR count). The maximum Gasteiger partial charge on any atom is 0.215 e. The summed E-state index contributed by atoms with van der Waals surface area (Å²) in [6.07, 6.45) is 0. The minimum absolute atomic E-state index is 0.0301. The van der Waals surface area contributed by atoms with E-state index in [0.717, 1.165) is 0 Å². The van der Waals surface area contributed by atoms with Crippen LogP contribution in [0.25, 0.3) is 4.85 Å². The fourth-order valence-electron chi connectivity index (χ4n) is 0.751. The van der Waals surface area contributed by atoms with Crippen LogP contribution in [0, 0.1) is 12.4 Å². The summed E-state index contributed by atoms with van der Waals surface area (Å²) in [6, 6.07) is 4.22. The molecule has 1 aromatic rings. The van der Waals surface area contributed by atoms with Gasteiger partial charge in [0, 0.05) is 0 Å². The van der Waals surface area contributed by atoms with Crippen molar-refractivity contribution < 1.29 is 4.39 Å². The number of nitrogens with zero attached hydrogens (tertiary/aromatic N) is 2. The number of para-hydroxylation sites is 1. The second-order valence-corrected chi connectivity index (χ2v) is 1.88. The first kappa shape index (κ1) is 7.42. The summed E-state index contributed by atoms with van der Waals surface area (Å²) in [6.45, 7) is 9.82. The molecule has 0 N–H and O–H groups in total. The van der Waals surface area contributed by atoms with Gasteiger partial charge in [0.25, 0.3) is 0 Å². The number of aliphatic imine (C=N–C) groups is 1. The van der Waals surface area contributed by atoms with E-state index in [0.29, 0.717) is 0 Å². The Bertz CT molecular complexity index is 325. The van der Waals surface area contributed by atoms with Crippen LogP contribution in [0.3, 0.4) is 0 Å². The lowest BCUT2D eigenvalue weighted by molar-refractivity contribution is 0.631. The van der Waals surface area contributed by atoms with Crippen LogP contribution in [-0.4, -0.2) is 6.72 Å². The van der Waals surface area contributed by atoms with Gasteiger partial charge in [0.05, 0.1) is 6.57 Å². The molecule has 0 atom stereocenters. The molecule has 0 radical (unpaired) electrons. The highest BCUT2D eigenvalue weighted by molar-refractivity contribution is 5.68. The van der Waals surface area contributed by atoms with Gasteiger partial charge in [-0.25, -0.2) is 9.24 Å². The third kappa shape index (κ3) is 1.24. The maximum absolute atomic E-state index is 12.8. The molecule has 0 aromatic heterocycles. The van der Waals surface area contributed by atoms with Crippen molar-refractivity contribution in [3.8, 4) is 0 Å². The van der Waals surface area contributed by atoms with Gasteiger partial charge in [0.15, 0.2) is 0 Å². The lowest BCUT2D eigenvalue weighted by Gasteiger charge is -1.96. The second kappa shape index (κ2) is 2.93. The Morgan fingerprint density at radius 1 is 1.55 bits per heavy atom. The van der Waals surface area contributed by atoms with E-state index in [2.05, 4.69) is 16.6 Å². The van der Waals surface area contributed by atoms with Gasteiger partial charge >= 0.3 is 0 Å². The Labute approximate surface area is 63.8 Å². The Kier molecular flexibility index (Phi) is 1.98. The highest BCUT2D eigenvalue weighted by atomic mass is 19.1. The number of hydrogen-bond donors (Lipinski definition) is 0. The number of halogens is 1. The fraction of sp³-hybridized carbons (Fsp3) is 0. The summed E-state index contributed by atoms with van der Waals surface area (Å²) in [5.74, 6) is -0.506. The maximum atomic E-state index is 12.8. The number of benzene rings is 1. The van der Waals surface area contributed by atoms with Crippen LogP contribution in [0.15, 0.2) is 23.2 Å². The van der Waals surface area contributed by atoms with Gasteiger partial charge in [-0.1, -0.05) is 12.1 Å². The standard InChI is InChI=1S/C8H5FN2/c1-10-7-5-3-4-6(9)8(7)11-2/h3-5H,2H2. The van der Waals surface area contributed by atoms with Crippen LogP contribution in [-0.2, 0) is 0 Å². The average molecular weight is 148 g/mol. The minimum Gasteiger partial charge on any atom is -0.273 e. The van der Waals surface area contributed by atoms with Gasteiger partial charge in [-0.2, -0.15) is 0 Å². The highest BCUT2D eigenvalue weighted by Gasteiger charge is 2.04. The Morgan fingerprint density at radius 2 is 2.27 bits per heavy atom. The molecule has 54 valence electrons. The molecule has 0 aliphatic heterocycles. The summed E-state index contributed by atoms with van der Waals surface area (Å²) < 4.78 is 12.8. The van der Waals surface area contributed by atoms with E-state index in [9.17, 15) is 4.39 Å². The first-order chi connectivity index (χ1) is 5.29. The highest BCUT2D eigenvalue weighted by Crippen LogP contribution is 2.29. The zero-order chi connectivity index (χ0) is 8.27. The van der Waals surface area contributed by atoms with Gasteiger partial charge in [-0.05, 0) is 12.8 Å². The van der Waals surface area contributed by atoms with Crippen molar-refractivity contribution in [3.05, 3.63) is 35.4 Å². The summed E-state index contributed by atoms with van der Waals surface area (Å²) in [7, 11) is 0. The van der Waals surface area contributed by atoms with Gasteiger partial charge < -0.3 is 0 Å². The van der Waals surface area contributed by atoms with E-state index in [-0.39, 0.29) is 11.4 Å². The van der Waals surface area contributed by atoms with Gasteiger partial charge in [-0.3, -0.25) is 4.99 Å². The normalized spacial score (nSPS) is 8.73. The smallest absolute Gasteiger partial charge is 0.215 e. The third-order valence-corrected chi connectivity index (χ3v) is 1.24. The van der Waals surface area contributed by atoms with E-state index in [4.69, 9.17) is 6.57 Å². The fourth-order valence-corrected chi connectivity index (χ4v) is 0.751. The van der Waals surface area contributed by atoms with Crippen LogP contribution < -0.4 is 0 Å². The Morgan fingerprint density at radius 3 is 2.73 bits per heavy atom. The second-order valence-electron chi connectivity index (χ2n) is 1.88. The molecule has 0 heterocycles. The van der Waals surface area contributed by atoms with Crippen molar-refractivity contribution >= 4 is 18.1 Å². The minimum atomic E-state index is -0.506. The van der Waals surface area contributed by atoms with Gasteiger partial charge in [-0.15, -0.1) is 0 Å². The van der Waals surface area contributed by atoms with Crippen molar-refractivity contribution in [1.29, 1.82) is 0 Å². The first-order valence-corrected chi connectivity index (χ1v) is 2.92. The van der Waals surface area contributed by atoms with Crippen LogP contribution in [0.5, 0.6) is 0 Å². The molecular formula is C8H5FN2. The quantitative estimate of drug-likeness (QED) is 0.430. The largest absolute Gasteiger partial charge is 0.273 e. The molecular weight excluding hydrogens is 143 g/mol. The van der Waals surface area contributed by atoms with E-state index in [1.165, 1.54) is 18.2 Å². The number of rotatable bonds is 1. The molecule has 0 amide bonds. The van der Waals surface area contributed by atoms with E-state index in [1.54, 1.807) is 0 Å². The molecule has 0 spiro atoms. The molecule has 0 saturated carbocycles. The molecule has 0 aliphatic rings. The summed E-state index contributed by atoms with van der Waals surface area (Å²) in [5.41, 5.74) is 0.225. The first-order valence-electron chi connectivity index (χ1n) is 2.92. The molecule has 0 unspecified atom stereocenters. The Hall–Kier alpha value is -1.69. The number of hydrogen-bond acceptors (Lipinski definition) is 1. The SMILES string of the molecule is [C-]#[N+]c1cccc(F)c1N=C. The van der Waals surface area contributed by atoms with Crippen molar-refractivity contribution in [2.24, 2.45) is 4.99 Å². The van der Waals surface area contributed by atoms with Crippen molar-refractivity contribution in [2.75, 3.05) is 0 Å². The van der Waals surface area contributed by atoms with Crippen LogP contribution in [0.1, 0.15) is 0 Å². The predicted molar refractivity (Wildman–Crippen MR) is 41.9 cm³/mol. The van der Waals surface area contributed by atoms with Gasteiger partial charge in [0.1, 0.15) is 11.5 Å². The van der Waals surface area contributed by atoms with Crippen molar-refractivity contribution in [1.82, 2.24) is 0 Å². The lowest BCUT2D eigenvalue weighted by atomic mass is 10.2. The Balaban J connectivity index is 3.38. The lowest BCUT2D eigenvalue weighted by Crippen LogP contribution is -1.73. The molecule has 2 nitrogen and oxygen atoms in total. The van der Waals surface area contributed by atoms with Gasteiger partial charge in [0.2, 0.25) is 5.69 Å². The molecule has 11 heavy (non-hydrogen) atoms. The summed E-state index contributed by atoms with van der Waals surface area (Å²) >= 11 is 0. The van der Waals surface area contributed by atoms with E-state index >= 15 is 0 Å². The molecule has 3 heteroatoms. The van der Waals surface area contributed by atoms with Crippen LogP contribution in [0.4, 0.5) is 15.8 Å². The van der Waals surface area contributed by atoms with Crippen LogP contribution >= 0.6 is 0 Å².